The molecule has 2 aliphatic heterocycles. The Bertz CT molecular complexity index is 421. The molecule has 0 aromatic heterocycles. The van der Waals surface area contributed by atoms with E-state index in [2.05, 4.69) is 5.32 Å². The highest BCUT2D eigenvalue weighted by molar-refractivity contribution is 7.85. The van der Waals surface area contributed by atoms with Crippen molar-refractivity contribution in [3.63, 3.8) is 0 Å². The number of hydrogen-bond donors (Lipinski definition) is 2. The molecule has 2 atom stereocenters. The summed E-state index contributed by atoms with van der Waals surface area (Å²) in [5.74, 6) is -0.380. The predicted octanol–water partition coefficient (Wildman–Crippen LogP) is 0.0286. The summed E-state index contributed by atoms with van der Waals surface area (Å²) in [7, 11) is -0.765. The van der Waals surface area contributed by atoms with E-state index in [4.69, 9.17) is 4.74 Å². The summed E-state index contributed by atoms with van der Waals surface area (Å²) in [6.07, 6.45) is 1.42. The smallest absolute Gasteiger partial charge is 0.317 e. The molecular formula is C13H22N2O5S. The third-order valence-corrected chi connectivity index (χ3v) is 5.47. The maximum Gasteiger partial charge on any atom is 0.317 e. The number of ether oxygens (including phenoxy) is 1. The molecule has 2 fully saturated rings. The van der Waals surface area contributed by atoms with Gasteiger partial charge in [-0.25, -0.2) is 4.79 Å². The van der Waals surface area contributed by atoms with Crippen LogP contribution >= 0.6 is 0 Å². The van der Waals surface area contributed by atoms with Crippen LogP contribution < -0.4 is 5.32 Å². The van der Waals surface area contributed by atoms with E-state index in [1.165, 1.54) is 4.90 Å². The quantitative estimate of drug-likeness (QED) is 0.762. The topological polar surface area (TPSA) is 95.9 Å². The summed E-state index contributed by atoms with van der Waals surface area (Å²) in [6.45, 7) is 2.66. The summed E-state index contributed by atoms with van der Waals surface area (Å²) < 4.78 is 16.5. The van der Waals surface area contributed by atoms with Gasteiger partial charge in [0, 0.05) is 34.9 Å². The van der Waals surface area contributed by atoms with Crippen LogP contribution in [0.3, 0.4) is 0 Å². The SMILES string of the molecule is CCN(C(=O)NC1CCS(=O)CC1)C1COCC1C(=O)O. The second kappa shape index (κ2) is 7.22. The molecule has 0 aromatic rings. The van der Waals surface area contributed by atoms with Crippen molar-refractivity contribution < 1.29 is 23.6 Å². The Hall–Kier alpha value is -1.15. The second-order valence-electron chi connectivity index (χ2n) is 5.41. The molecule has 2 amide bonds. The van der Waals surface area contributed by atoms with Gasteiger partial charge in [0.1, 0.15) is 5.92 Å². The molecule has 2 aliphatic rings. The monoisotopic (exact) mass is 318 g/mol. The Morgan fingerprint density at radius 1 is 1.33 bits per heavy atom. The number of urea groups is 1. The molecular weight excluding hydrogens is 296 g/mol. The first-order chi connectivity index (χ1) is 10.0. The number of amides is 2. The highest BCUT2D eigenvalue weighted by Crippen LogP contribution is 2.20. The van der Waals surface area contributed by atoms with E-state index in [0.29, 0.717) is 30.9 Å². The largest absolute Gasteiger partial charge is 0.481 e. The number of carboxylic acids is 1. The molecule has 8 heteroatoms. The molecule has 2 N–H and O–H groups in total. The molecule has 2 rings (SSSR count). The summed E-state index contributed by atoms with van der Waals surface area (Å²) in [6, 6.07) is -0.656. The van der Waals surface area contributed by atoms with E-state index < -0.39 is 28.7 Å². The number of carboxylic acid groups (broad SMARTS) is 1. The van der Waals surface area contributed by atoms with Crippen LogP contribution in [0, 0.1) is 5.92 Å². The normalized spacial score (nSPS) is 32.6. The number of likely N-dealkylation sites (N-methyl/N-ethyl adjacent to an activating group) is 1. The van der Waals surface area contributed by atoms with Crippen LogP contribution in [-0.2, 0) is 20.3 Å². The van der Waals surface area contributed by atoms with Crippen molar-refractivity contribution in [1.82, 2.24) is 10.2 Å². The molecule has 7 nitrogen and oxygen atoms in total. The predicted molar refractivity (Wildman–Crippen MR) is 77.5 cm³/mol. The van der Waals surface area contributed by atoms with Crippen LogP contribution in [0.1, 0.15) is 19.8 Å². The number of aliphatic carboxylic acids is 1. The lowest BCUT2D eigenvalue weighted by molar-refractivity contribution is -0.142. The maximum absolute atomic E-state index is 12.4. The third-order valence-electron chi connectivity index (χ3n) is 4.09. The van der Waals surface area contributed by atoms with Crippen LogP contribution in [0.2, 0.25) is 0 Å². The van der Waals surface area contributed by atoms with Crippen molar-refractivity contribution in [1.29, 1.82) is 0 Å². The van der Waals surface area contributed by atoms with Crippen molar-refractivity contribution >= 4 is 22.8 Å². The Labute approximate surface area is 126 Å². The molecule has 0 saturated carbocycles. The van der Waals surface area contributed by atoms with Gasteiger partial charge in [0.2, 0.25) is 0 Å². The number of nitrogens with zero attached hydrogens (tertiary/aromatic N) is 1. The standard InChI is InChI=1S/C13H22N2O5S/c1-2-15(11-8-20-7-10(11)12(16)17)13(18)14-9-3-5-21(19)6-4-9/h9-11H,2-8H2,1H3,(H,14,18)(H,16,17). The van der Waals surface area contributed by atoms with Gasteiger partial charge in [-0.15, -0.1) is 0 Å². The second-order valence-corrected chi connectivity index (χ2v) is 7.10. The van der Waals surface area contributed by atoms with E-state index in [1.54, 1.807) is 0 Å². The van der Waals surface area contributed by atoms with Crippen LogP contribution in [-0.4, -0.2) is 69.6 Å². The fourth-order valence-corrected chi connectivity index (χ4v) is 4.11. The molecule has 2 saturated heterocycles. The highest BCUT2D eigenvalue weighted by Gasteiger charge is 2.39. The Morgan fingerprint density at radius 3 is 2.57 bits per heavy atom. The van der Waals surface area contributed by atoms with Crippen molar-refractivity contribution in [2.45, 2.75) is 31.8 Å². The van der Waals surface area contributed by atoms with E-state index in [1.807, 2.05) is 6.92 Å². The van der Waals surface area contributed by atoms with Crippen LogP contribution in [0.5, 0.6) is 0 Å². The van der Waals surface area contributed by atoms with Crippen molar-refractivity contribution in [3.05, 3.63) is 0 Å². The molecule has 0 radical (unpaired) electrons. The van der Waals surface area contributed by atoms with Gasteiger partial charge < -0.3 is 20.1 Å². The summed E-state index contributed by atoms with van der Waals surface area (Å²) >= 11 is 0. The van der Waals surface area contributed by atoms with E-state index in [9.17, 15) is 18.9 Å². The van der Waals surface area contributed by atoms with Gasteiger partial charge in [-0.3, -0.25) is 9.00 Å². The molecule has 0 spiro atoms. The lowest BCUT2D eigenvalue weighted by atomic mass is 10.0. The number of rotatable bonds is 4. The highest BCUT2D eigenvalue weighted by atomic mass is 32.2. The number of nitrogens with one attached hydrogen (secondary N) is 1. The Kier molecular flexibility index (Phi) is 5.58. The first kappa shape index (κ1) is 16.2. The fourth-order valence-electron chi connectivity index (χ4n) is 2.81. The van der Waals surface area contributed by atoms with Crippen molar-refractivity contribution in [3.8, 4) is 0 Å². The summed E-state index contributed by atoms with van der Waals surface area (Å²) in [5, 5.41) is 12.1. The van der Waals surface area contributed by atoms with Gasteiger partial charge in [0.15, 0.2) is 0 Å². The first-order valence-electron chi connectivity index (χ1n) is 7.25. The molecule has 120 valence electrons. The molecule has 0 aromatic carbocycles. The van der Waals surface area contributed by atoms with Crippen LogP contribution in [0.15, 0.2) is 0 Å². The zero-order valence-electron chi connectivity index (χ0n) is 12.1. The molecule has 2 heterocycles. The summed E-state index contributed by atoms with van der Waals surface area (Å²) in [4.78, 5) is 25.1. The minimum atomic E-state index is -0.934. The van der Waals surface area contributed by atoms with Crippen molar-refractivity contribution in [2.75, 3.05) is 31.3 Å². The van der Waals surface area contributed by atoms with Gasteiger partial charge in [-0.2, -0.15) is 0 Å². The molecule has 2 unspecified atom stereocenters. The first-order valence-corrected chi connectivity index (χ1v) is 8.74. The van der Waals surface area contributed by atoms with E-state index in [0.717, 1.165) is 0 Å². The zero-order chi connectivity index (χ0) is 15.4. The molecule has 0 aliphatic carbocycles. The average molecular weight is 318 g/mol. The Morgan fingerprint density at radius 2 is 2.00 bits per heavy atom. The van der Waals surface area contributed by atoms with Gasteiger partial charge in [-0.05, 0) is 19.8 Å². The third kappa shape index (κ3) is 3.94. The van der Waals surface area contributed by atoms with Crippen LogP contribution in [0.4, 0.5) is 4.79 Å². The minimum absolute atomic E-state index is 0.0230. The number of carbonyl (C=O) groups excluding carboxylic acids is 1. The van der Waals surface area contributed by atoms with E-state index in [-0.39, 0.29) is 25.3 Å². The zero-order valence-corrected chi connectivity index (χ0v) is 12.9. The maximum atomic E-state index is 12.4. The van der Waals surface area contributed by atoms with Gasteiger partial charge >= 0.3 is 12.0 Å². The lowest BCUT2D eigenvalue weighted by Crippen LogP contribution is -2.53. The van der Waals surface area contributed by atoms with Crippen molar-refractivity contribution in [2.24, 2.45) is 5.92 Å². The molecule has 21 heavy (non-hydrogen) atoms. The number of hydrogen-bond acceptors (Lipinski definition) is 4. The van der Waals surface area contributed by atoms with Gasteiger partial charge in [0.05, 0.1) is 19.3 Å². The van der Waals surface area contributed by atoms with Crippen LogP contribution in [0.25, 0.3) is 0 Å². The Balaban J connectivity index is 1.95. The summed E-state index contributed by atoms with van der Waals surface area (Å²) in [5.41, 5.74) is 0. The van der Waals surface area contributed by atoms with E-state index >= 15 is 0 Å². The average Bonchev–Trinajstić information content (AvgIpc) is 2.91. The fraction of sp³-hybridized carbons (Fsp3) is 0.846. The van der Waals surface area contributed by atoms with Gasteiger partial charge in [0.25, 0.3) is 0 Å². The molecule has 0 bridgehead atoms. The lowest BCUT2D eigenvalue weighted by Gasteiger charge is -2.32. The minimum Gasteiger partial charge on any atom is -0.481 e. The number of carbonyl (C=O) groups is 2. The van der Waals surface area contributed by atoms with Gasteiger partial charge in [-0.1, -0.05) is 0 Å².